The van der Waals surface area contributed by atoms with Gasteiger partial charge in [0.25, 0.3) is 0 Å². The molecule has 1 fully saturated rings. The maximum Gasteiger partial charge on any atom is 0.220 e. The highest BCUT2D eigenvalue weighted by atomic mass is 16.7. The number of carbonyl (C=O) groups excluding carboxylic acids is 1. The maximum atomic E-state index is 13.0. The van der Waals surface area contributed by atoms with Gasteiger partial charge in [-0.1, -0.05) is 190 Å². The Kier molecular flexibility index (Phi) is 39.1. The molecular formula is C52H93NO8. The van der Waals surface area contributed by atoms with Crippen molar-refractivity contribution in [2.45, 2.75) is 249 Å². The van der Waals surface area contributed by atoms with Crippen LogP contribution in [0, 0.1) is 0 Å². The highest BCUT2D eigenvalue weighted by Crippen LogP contribution is 2.22. The van der Waals surface area contributed by atoms with Crippen LogP contribution in [0.2, 0.25) is 0 Å². The number of aliphatic hydroxyl groups excluding tert-OH is 5. The smallest absolute Gasteiger partial charge is 0.220 e. The molecule has 61 heavy (non-hydrogen) atoms. The van der Waals surface area contributed by atoms with Crippen LogP contribution in [-0.4, -0.2) is 87.5 Å². The van der Waals surface area contributed by atoms with Gasteiger partial charge in [0.2, 0.25) is 5.91 Å². The van der Waals surface area contributed by atoms with Crippen molar-refractivity contribution >= 4 is 5.91 Å². The molecule has 0 saturated carbocycles. The summed E-state index contributed by atoms with van der Waals surface area (Å²) in [6.07, 6.45) is 48.6. The molecule has 1 aliphatic heterocycles. The number of unbranched alkanes of at least 4 members (excludes halogenated alkanes) is 23. The van der Waals surface area contributed by atoms with Gasteiger partial charge < -0.3 is 40.3 Å². The van der Waals surface area contributed by atoms with E-state index in [9.17, 15) is 30.3 Å². The molecule has 1 aliphatic rings. The largest absolute Gasteiger partial charge is 0.394 e. The first-order chi connectivity index (χ1) is 29.8. The van der Waals surface area contributed by atoms with Crippen LogP contribution in [0.5, 0.6) is 0 Å². The summed E-state index contributed by atoms with van der Waals surface area (Å²) in [5.41, 5.74) is 0. The average Bonchev–Trinajstić information content (AvgIpc) is 3.26. The van der Waals surface area contributed by atoms with Crippen molar-refractivity contribution in [2.75, 3.05) is 13.2 Å². The zero-order chi connectivity index (χ0) is 44.4. The first kappa shape index (κ1) is 56.9. The fourth-order valence-electron chi connectivity index (χ4n) is 7.52. The lowest BCUT2D eigenvalue weighted by Gasteiger charge is -2.40. The van der Waals surface area contributed by atoms with Crippen LogP contribution in [0.1, 0.15) is 206 Å². The Labute approximate surface area is 373 Å². The monoisotopic (exact) mass is 860 g/mol. The van der Waals surface area contributed by atoms with Crippen molar-refractivity contribution in [3.8, 4) is 0 Å². The van der Waals surface area contributed by atoms with E-state index in [-0.39, 0.29) is 12.5 Å². The quantitative estimate of drug-likeness (QED) is 0.0263. The molecule has 7 unspecified atom stereocenters. The van der Waals surface area contributed by atoms with Crippen molar-refractivity contribution in [1.29, 1.82) is 0 Å². The molecule has 1 saturated heterocycles. The van der Waals surface area contributed by atoms with Crippen molar-refractivity contribution in [3.05, 3.63) is 60.8 Å². The number of rotatable bonds is 41. The van der Waals surface area contributed by atoms with Crippen LogP contribution in [0.4, 0.5) is 0 Å². The van der Waals surface area contributed by atoms with Crippen LogP contribution in [-0.2, 0) is 14.3 Å². The van der Waals surface area contributed by atoms with Gasteiger partial charge in [-0.05, 0) is 70.6 Å². The minimum absolute atomic E-state index is 0.197. The lowest BCUT2D eigenvalue weighted by molar-refractivity contribution is -0.302. The molecular weight excluding hydrogens is 767 g/mol. The molecule has 9 heteroatoms. The van der Waals surface area contributed by atoms with Crippen LogP contribution < -0.4 is 5.32 Å². The van der Waals surface area contributed by atoms with Gasteiger partial charge in [0.15, 0.2) is 6.29 Å². The Hall–Kier alpha value is -2.11. The summed E-state index contributed by atoms with van der Waals surface area (Å²) in [5.74, 6) is -0.197. The molecule has 0 aromatic heterocycles. The Morgan fingerprint density at radius 1 is 0.557 bits per heavy atom. The molecule has 0 spiro atoms. The van der Waals surface area contributed by atoms with E-state index in [4.69, 9.17) is 9.47 Å². The number of nitrogens with one attached hydrogen (secondary N) is 1. The van der Waals surface area contributed by atoms with Crippen LogP contribution in [0.3, 0.4) is 0 Å². The van der Waals surface area contributed by atoms with Gasteiger partial charge in [-0.25, -0.2) is 0 Å². The van der Waals surface area contributed by atoms with E-state index in [1.165, 1.54) is 122 Å². The van der Waals surface area contributed by atoms with E-state index in [1.54, 1.807) is 6.08 Å². The fourth-order valence-corrected chi connectivity index (χ4v) is 7.52. The number of ether oxygens (including phenoxy) is 2. The molecule has 1 heterocycles. The predicted molar refractivity (Wildman–Crippen MR) is 253 cm³/mol. The van der Waals surface area contributed by atoms with Crippen molar-refractivity contribution < 1.29 is 39.8 Å². The van der Waals surface area contributed by atoms with E-state index in [0.29, 0.717) is 6.42 Å². The molecule has 0 aliphatic carbocycles. The second-order valence-corrected chi connectivity index (χ2v) is 17.2. The Morgan fingerprint density at radius 2 is 1.02 bits per heavy atom. The maximum absolute atomic E-state index is 13.0. The number of aliphatic hydroxyl groups is 5. The van der Waals surface area contributed by atoms with Gasteiger partial charge in [-0.3, -0.25) is 4.79 Å². The van der Waals surface area contributed by atoms with Gasteiger partial charge in [-0.2, -0.15) is 0 Å². The zero-order valence-corrected chi connectivity index (χ0v) is 38.9. The third-order valence-corrected chi connectivity index (χ3v) is 11.5. The second-order valence-electron chi connectivity index (χ2n) is 17.2. The molecule has 0 aromatic carbocycles. The van der Waals surface area contributed by atoms with Crippen LogP contribution >= 0.6 is 0 Å². The first-order valence-corrected chi connectivity index (χ1v) is 25.0. The molecule has 1 rings (SSSR count). The summed E-state index contributed by atoms with van der Waals surface area (Å²) in [4.78, 5) is 13.0. The van der Waals surface area contributed by atoms with Gasteiger partial charge in [0.05, 0.1) is 25.4 Å². The van der Waals surface area contributed by atoms with Crippen molar-refractivity contribution in [3.63, 3.8) is 0 Å². The standard InChI is InChI=1S/C52H93NO8/c1-3-5-7-9-11-13-15-16-17-18-19-20-21-22-23-24-25-26-27-28-29-30-32-34-36-38-40-42-48(56)53-45(44-60-52-51(59)50(58)49(57)47(43-54)61-52)46(55)41-39-37-35-33-31-14-12-10-8-6-4-2/h8,10,19-20,22-23,31,33,39,41,45-47,49-52,54-55,57-59H,3-7,9,11-18,21,24-30,32,34-38,40,42-44H2,1-2H3,(H,53,56)/b10-8+,20-19-,23-22-,33-31+,41-39+. The van der Waals surface area contributed by atoms with Crippen LogP contribution in [0.25, 0.3) is 0 Å². The third kappa shape index (κ3) is 32.2. The van der Waals surface area contributed by atoms with E-state index in [2.05, 4.69) is 67.8 Å². The summed E-state index contributed by atoms with van der Waals surface area (Å²) in [5, 5.41) is 54.1. The Balaban J connectivity index is 2.22. The summed E-state index contributed by atoms with van der Waals surface area (Å²) in [6.45, 7) is 3.67. The minimum Gasteiger partial charge on any atom is -0.394 e. The highest BCUT2D eigenvalue weighted by Gasteiger charge is 2.44. The van der Waals surface area contributed by atoms with Gasteiger partial charge in [0, 0.05) is 6.42 Å². The topological polar surface area (TPSA) is 149 Å². The summed E-state index contributed by atoms with van der Waals surface area (Å²) in [6, 6.07) is -0.829. The molecule has 9 nitrogen and oxygen atoms in total. The molecule has 0 aromatic rings. The minimum atomic E-state index is -1.58. The van der Waals surface area contributed by atoms with Crippen LogP contribution in [0.15, 0.2) is 60.8 Å². The molecule has 7 atom stereocenters. The van der Waals surface area contributed by atoms with E-state index >= 15 is 0 Å². The van der Waals surface area contributed by atoms with Gasteiger partial charge in [0.1, 0.15) is 24.4 Å². The van der Waals surface area contributed by atoms with Gasteiger partial charge >= 0.3 is 0 Å². The molecule has 0 radical (unpaired) electrons. The summed E-state index contributed by atoms with van der Waals surface area (Å²) >= 11 is 0. The lowest BCUT2D eigenvalue weighted by Crippen LogP contribution is -2.60. The van der Waals surface area contributed by atoms with Crippen molar-refractivity contribution in [2.24, 2.45) is 0 Å². The van der Waals surface area contributed by atoms with Gasteiger partial charge in [-0.15, -0.1) is 0 Å². The molecule has 1 amide bonds. The number of carbonyl (C=O) groups is 1. The number of amides is 1. The molecule has 0 bridgehead atoms. The fraction of sp³-hybridized carbons (Fsp3) is 0.788. The van der Waals surface area contributed by atoms with Crippen molar-refractivity contribution in [1.82, 2.24) is 5.32 Å². The normalized spacial score (nSPS) is 20.9. The highest BCUT2D eigenvalue weighted by molar-refractivity contribution is 5.76. The second kappa shape index (κ2) is 41.9. The number of allylic oxidation sites excluding steroid dienone is 9. The van der Waals surface area contributed by atoms with E-state index < -0.39 is 49.5 Å². The first-order valence-electron chi connectivity index (χ1n) is 25.0. The Bertz CT molecular complexity index is 1140. The number of hydrogen-bond acceptors (Lipinski definition) is 8. The lowest BCUT2D eigenvalue weighted by atomic mass is 9.99. The Morgan fingerprint density at radius 3 is 1.52 bits per heavy atom. The molecule has 354 valence electrons. The zero-order valence-electron chi connectivity index (χ0n) is 38.9. The SMILES string of the molecule is CCC/C=C/CC/C=C/CC/C=C/C(O)C(COC1OC(CO)C(O)C(O)C1O)NC(=O)CCCCCCCCCCCCC/C=C\C/C=C\CCCCCCCCCCC. The number of hydrogen-bond donors (Lipinski definition) is 6. The molecule has 6 N–H and O–H groups in total. The average molecular weight is 860 g/mol. The summed E-state index contributed by atoms with van der Waals surface area (Å²) in [7, 11) is 0. The summed E-state index contributed by atoms with van der Waals surface area (Å²) < 4.78 is 11.2. The predicted octanol–water partition coefficient (Wildman–Crippen LogP) is 11.2. The third-order valence-electron chi connectivity index (χ3n) is 11.5. The van der Waals surface area contributed by atoms with E-state index in [1.807, 2.05) is 6.08 Å². The van der Waals surface area contributed by atoms with E-state index in [0.717, 1.165) is 64.2 Å².